The zero-order valence-electron chi connectivity index (χ0n) is 8.83. The Labute approximate surface area is 110 Å². The lowest BCUT2D eigenvalue weighted by atomic mass is 10.2. The average molecular weight is 315 g/mol. The van der Waals surface area contributed by atoms with Gasteiger partial charge in [0.15, 0.2) is 5.13 Å². The van der Waals surface area contributed by atoms with Gasteiger partial charge < -0.3 is 0 Å². The summed E-state index contributed by atoms with van der Waals surface area (Å²) in [5.74, 6) is -0.702. The summed E-state index contributed by atoms with van der Waals surface area (Å²) in [5.41, 5.74) is 1.23. The Kier molecular flexibility index (Phi) is 3.54. The highest BCUT2D eigenvalue weighted by Gasteiger charge is 2.10. The first kappa shape index (κ1) is 12.2. The van der Waals surface area contributed by atoms with Crippen molar-refractivity contribution < 1.29 is 9.18 Å². The van der Waals surface area contributed by atoms with Crippen molar-refractivity contribution in [3.8, 4) is 0 Å². The molecule has 0 unspecified atom stereocenters. The Balaban J connectivity index is 2.17. The molecule has 17 heavy (non-hydrogen) atoms. The first-order valence-electron chi connectivity index (χ1n) is 4.75. The van der Waals surface area contributed by atoms with E-state index in [4.69, 9.17) is 0 Å². The van der Waals surface area contributed by atoms with E-state index < -0.39 is 5.82 Å². The van der Waals surface area contributed by atoms with Crippen molar-refractivity contribution in [2.75, 3.05) is 5.32 Å². The zero-order valence-corrected chi connectivity index (χ0v) is 11.2. The molecule has 2 aromatic rings. The summed E-state index contributed by atoms with van der Waals surface area (Å²) in [6, 6.07) is 4.10. The maximum Gasteiger partial charge on any atom is 0.257 e. The third-order valence-electron chi connectivity index (χ3n) is 2.02. The van der Waals surface area contributed by atoms with E-state index in [-0.39, 0.29) is 10.4 Å². The monoisotopic (exact) mass is 314 g/mol. The number of nitrogens with zero attached hydrogens (tertiary/aromatic N) is 1. The number of rotatable bonds is 2. The van der Waals surface area contributed by atoms with Gasteiger partial charge in [-0.3, -0.25) is 10.1 Å². The third kappa shape index (κ3) is 2.89. The number of aromatic nitrogens is 1. The smallest absolute Gasteiger partial charge is 0.257 e. The van der Waals surface area contributed by atoms with E-state index in [0.29, 0.717) is 10.7 Å². The van der Waals surface area contributed by atoms with Crippen LogP contribution < -0.4 is 5.32 Å². The third-order valence-corrected chi connectivity index (χ3v) is 3.50. The van der Waals surface area contributed by atoms with Crippen LogP contribution in [0.25, 0.3) is 0 Å². The van der Waals surface area contributed by atoms with E-state index in [9.17, 15) is 9.18 Å². The van der Waals surface area contributed by atoms with Crippen LogP contribution in [0.1, 0.15) is 16.1 Å². The predicted octanol–water partition coefficient (Wildman–Crippen LogP) is 3.61. The molecule has 1 heterocycles. The molecular weight excluding hydrogens is 307 g/mol. The summed E-state index contributed by atoms with van der Waals surface area (Å²) in [6.45, 7) is 1.85. The number of carbonyl (C=O) groups excluding carboxylic acids is 1. The van der Waals surface area contributed by atoms with Crippen molar-refractivity contribution in [3.05, 3.63) is 45.1 Å². The van der Waals surface area contributed by atoms with Crippen LogP contribution >= 0.6 is 27.3 Å². The Hall–Kier alpha value is -1.27. The van der Waals surface area contributed by atoms with Crippen LogP contribution in [-0.4, -0.2) is 10.9 Å². The van der Waals surface area contributed by atoms with Crippen LogP contribution in [0.15, 0.2) is 28.1 Å². The molecule has 0 aliphatic heterocycles. The van der Waals surface area contributed by atoms with E-state index in [1.807, 2.05) is 12.3 Å². The molecule has 1 aromatic heterocycles. The van der Waals surface area contributed by atoms with E-state index in [2.05, 4.69) is 26.2 Å². The molecule has 0 aliphatic rings. The highest BCUT2D eigenvalue weighted by molar-refractivity contribution is 9.10. The number of benzene rings is 1. The van der Waals surface area contributed by atoms with Gasteiger partial charge in [0.25, 0.3) is 5.91 Å². The number of nitrogens with one attached hydrogen (secondary N) is 1. The van der Waals surface area contributed by atoms with Crippen LogP contribution in [0.3, 0.4) is 0 Å². The fourth-order valence-corrected chi connectivity index (χ4v) is 2.28. The Morgan fingerprint density at radius 3 is 2.88 bits per heavy atom. The minimum absolute atomic E-state index is 0.264. The molecule has 0 fully saturated rings. The van der Waals surface area contributed by atoms with Gasteiger partial charge in [-0.2, -0.15) is 0 Å². The summed E-state index contributed by atoms with van der Waals surface area (Å²) in [5, 5.41) is 5.03. The number of halogens is 2. The number of thiazole rings is 1. The summed E-state index contributed by atoms with van der Waals surface area (Å²) in [4.78, 5) is 15.9. The van der Waals surface area contributed by atoms with Gasteiger partial charge in [0, 0.05) is 10.9 Å². The van der Waals surface area contributed by atoms with Gasteiger partial charge in [-0.25, -0.2) is 9.37 Å². The van der Waals surface area contributed by atoms with Gasteiger partial charge in [0.05, 0.1) is 10.2 Å². The van der Waals surface area contributed by atoms with Crippen LogP contribution in [0.2, 0.25) is 0 Å². The summed E-state index contributed by atoms with van der Waals surface area (Å²) < 4.78 is 13.3. The Morgan fingerprint density at radius 2 is 2.29 bits per heavy atom. The number of aryl methyl sites for hydroxylation is 1. The minimum atomic E-state index is -0.397. The fourth-order valence-electron chi connectivity index (χ4n) is 1.22. The summed E-state index contributed by atoms with van der Waals surface area (Å²) in [7, 11) is 0. The molecule has 0 saturated heterocycles. The summed E-state index contributed by atoms with van der Waals surface area (Å²) >= 11 is 4.39. The molecule has 0 atom stereocenters. The number of amides is 1. The molecule has 3 nitrogen and oxygen atoms in total. The van der Waals surface area contributed by atoms with Gasteiger partial charge in [0.2, 0.25) is 0 Å². The molecule has 1 N–H and O–H groups in total. The van der Waals surface area contributed by atoms with Gasteiger partial charge in [-0.15, -0.1) is 11.3 Å². The first-order chi connectivity index (χ1) is 8.06. The molecule has 0 bridgehead atoms. The van der Waals surface area contributed by atoms with E-state index in [1.165, 1.54) is 29.5 Å². The minimum Gasteiger partial charge on any atom is -0.298 e. The molecule has 0 aliphatic carbocycles. The topological polar surface area (TPSA) is 42.0 Å². The number of hydrogen-bond acceptors (Lipinski definition) is 3. The molecule has 88 valence electrons. The molecule has 6 heteroatoms. The maximum atomic E-state index is 13.0. The highest BCUT2D eigenvalue weighted by Crippen LogP contribution is 2.19. The second kappa shape index (κ2) is 4.93. The number of carbonyl (C=O) groups is 1. The lowest BCUT2D eigenvalue weighted by molar-refractivity contribution is 0.102. The first-order valence-corrected chi connectivity index (χ1v) is 6.42. The molecule has 1 amide bonds. The maximum absolute atomic E-state index is 13.0. The zero-order chi connectivity index (χ0) is 12.4. The van der Waals surface area contributed by atoms with Crippen LogP contribution in [0.5, 0.6) is 0 Å². The van der Waals surface area contributed by atoms with Gasteiger partial charge >= 0.3 is 0 Å². The highest BCUT2D eigenvalue weighted by atomic mass is 79.9. The quantitative estimate of drug-likeness (QED) is 0.920. The molecule has 0 radical (unpaired) electrons. The van der Waals surface area contributed by atoms with Crippen LogP contribution in [-0.2, 0) is 0 Å². The van der Waals surface area contributed by atoms with E-state index in [1.54, 1.807) is 0 Å². The van der Waals surface area contributed by atoms with Crippen LogP contribution in [0.4, 0.5) is 9.52 Å². The lowest BCUT2D eigenvalue weighted by Crippen LogP contribution is -2.11. The van der Waals surface area contributed by atoms with Crippen molar-refractivity contribution in [2.24, 2.45) is 0 Å². The SMILES string of the molecule is Cc1csc(NC(=O)c2ccc(F)c(Br)c2)n1. The van der Waals surface area contributed by atoms with Crippen molar-refractivity contribution in [1.82, 2.24) is 4.98 Å². The normalized spacial score (nSPS) is 10.3. The van der Waals surface area contributed by atoms with Crippen LogP contribution in [0, 0.1) is 12.7 Å². The van der Waals surface area contributed by atoms with E-state index in [0.717, 1.165) is 5.69 Å². The number of anilines is 1. The second-order valence-electron chi connectivity index (χ2n) is 3.38. The molecule has 1 aromatic carbocycles. The largest absolute Gasteiger partial charge is 0.298 e. The van der Waals surface area contributed by atoms with E-state index >= 15 is 0 Å². The molecule has 0 spiro atoms. The van der Waals surface area contributed by atoms with Gasteiger partial charge in [-0.1, -0.05) is 0 Å². The van der Waals surface area contributed by atoms with Gasteiger partial charge in [-0.05, 0) is 41.1 Å². The molecule has 0 saturated carbocycles. The number of hydrogen-bond donors (Lipinski definition) is 1. The van der Waals surface area contributed by atoms with Crippen molar-refractivity contribution in [1.29, 1.82) is 0 Å². The Bertz CT molecular complexity index is 570. The predicted molar refractivity (Wildman–Crippen MR) is 68.9 cm³/mol. The summed E-state index contributed by atoms with van der Waals surface area (Å²) in [6.07, 6.45) is 0. The molecular formula is C11H8BrFN2OS. The van der Waals surface area contributed by atoms with Crippen molar-refractivity contribution >= 4 is 38.3 Å². The molecule has 2 rings (SSSR count). The van der Waals surface area contributed by atoms with Gasteiger partial charge in [0.1, 0.15) is 5.82 Å². The van der Waals surface area contributed by atoms with Crippen molar-refractivity contribution in [3.63, 3.8) is 0 Å². The second-order valence-corrected chi connectivity index (χ2v) is 5.09. The lowest BCUT2D eigenvalue weighted by Gasteiger charge is -2.02. The fraction of sp³-hybridized carbons (Fsp3) is 0.0909. The van der Waals surface area contributed by atoms with Crippen molar-refractivity contribution in [2.45, 2.75) is 6.92 Å². The average Bonchev–Trinajstić information content (AvgIpc) is 2.68. The Morgan fingerprint density at radius 1 is 1.53 bits per heavy atom. The standard InChI is InChI=1S/C11H8BrFN2OS/c1-6-5-17-11(14-6)15-10(16)7-2-3-9(13)8(12)4-7/h2-5H,1H3,(H,14,15,16).